The number of likely N-dealkylation sites (tertiary alicyclic amines) is 1. The molecule has 1 amide bonds. The van der Waals surface area contributed by atoms with Gasteiger partial charge in [-0.1, -0.05) is 20.8 Å². The molecule has 0 radical (unpaired) electrons. The van der Waals surface area contributed by atoms with Crippen LogP contribution in [-0.2, 0) is 0 Å². The number of nitrogens with zero attached hydrogens (tertiary/aromatic N) is 3. The van der Waals surface area contributed by atoms with Crippen molar-refractivity contribution in [3.05, 3.63) is 18.1 Å². The van der Waals surface area contributed by atoms with E-state index in [2.05, 4.69) is 30.7 Å². The number of aromatic nitrogens is 2. The molecule has 2 heterocycles. The van der Waals surface area contributed by atoms with E-state index in [0.29, 0.717) is 17.4 Å². The Morgan fingerprint density at radius 1 is 1.39 bits per heavy atom. The number of carbonyl (C=O) groups excluding carboxylic acids is 1. The van der Waals surface area contributed by atoms with Gasteiger partial charge in [-0.15, -0.1) is 0 Å². The van der Waals surface area contributed by atoms with E-state index in [1.807, 2.05) is 4.90 Å². The summed E-state index contributed by atoms with van der Waals surface area (Å²) in [6.45, 7) is 8.25. The zero-order valence-corrected chi connectivity index (χ0v) is 11.2. The summed E-state index contributed by atoms with van der Waals surface area (Å²) in [7, 11) is 0. The monoisotopic (exact) mass is 248 g/mol. The highest BCUT2D eigenvalue weighted by atomic mass is 16.2. The van der Waals surface area contributed by atoms with Crippen molar-refractivity contribution in [3.8, 4) is 0 Å². The van der Waals surface area contributed by atoms with Crippen molar-refractivity contribution in [2.75, 3.05) is 18.8 Å². The van der Waals surface area contributed by atoms with Gasteiger partial charge in [0.1, 0.15) is 11.5 Å². The molecular formula is C13H20N4O. The van der Waals surface area contributed by atoms with Crippen LogP contribution in [0.1, 0.15) is 37.7 Å². The van der Waals surface area contributed by atoms with E-state index >= 15 is 0 Å². The molecule has 1 saturated heterocycles. The molecule has 2 rings (SSSR count). The van der Waals surface area contributed by atoms with E-state index in [1.54, 1.807) is 0 Å². The first-order chi connectivity index (χ1) is 8.38. The van der Waals surface area contributed by atoms with Crippen molar-refractivity contribution in [2.24, 2.45) is 11.3 Å². The number of nitrogen functional groups attached to an aromatic ring is 1. The van der Waals surface area contributed by atoms with E-state index in [-0.39, 0.29) is 11.3 Å². The van der Waals surface area contributed by atoms with Crippen LogP contribution in [0.2, 0.25) is 0 Å². The molecule has 1 unspecified atom stereocenters. The lowest BCUT2D eigenvalue weighted by Crippen LogP contribution is -2.31. The fourth-order valence-electron chi connectivity index (χ4n) is 2.26. The van der Waals surface area contributed by atoms with Gasteiger partial charge in [0.25, 0.3) is 5.91 Å². The van der Waals surface area contributed by atoms with Crippen LogP contribution in [0.4, 0.5) is 5.82 Å². The van der Waals surface area contributed by atoms with E-state index in [9.17, 15) is 4.79 Å². The molecule has 1 aliphatic rings. The van der Waals surface area contributed by atoms with Crippen molar-refractivity contribution in [1.82, 2.24) is 14.9 Å². The lowest BCUT2D eigenvalue weighted by atomic mass is 9.80. The molecule has 0 aliphatic carbocycles. The average Bonchev–Trinajstić information content (AvgIpc) is 2.78. The van der Waals surface area contributed by atoms with E-state index in [4.69, 9.17) is 5.73 Å². The average molecular weight is 248 g/mol. The summed E-state index contributed by atoms with van der Waals surface area (Å²) in [4.78, 5) is 22.0. The second-order valence-electron chi connectivity index (χ2n) is 5.93. The zero-order chi connectivity index (χ0) is 13.3. The summed E-state index contributed by atoms with van der Waals surface area (Å²) in [5.74, 6) is 0.831. The molecule has 5 heteroatoms. The van der Waals surface area contributed by atoms with Gasteiger partial charge in [-0.2, -0.15) is 0 Å². The molecule has 1 atom stereocenters. The molecule has 1 fully saturated rings. The van der Waals surface area contributed by atoms with Crippen LogP contribution in [0.3, 0.4) is 0 Å². The van der Waals surface area contributed by atoms with E-state index in [0.717, 1.165) is 19.5 Å². The Balaban J connectivity index is 2.06. The minimum absolute atomic E-state index is 0.0470. The molecular weight excluding hydrogens is 228 g/mol. The summed E-state index contributed by atoms with van der Waals surface area (Å²) in [6.07, 6.45) is 3.92. The highest BCUT2D eigenvalue weighted by molar-refractivity contribution is 5.92. The predicted octanol–water partition coefficient (Wildman–Crippen LogP) is 1.57. The van der Waals surface area contributed by atoms with Crippen molar-refractivity contribution in [1.29, 1.82) is 0 Å². The lowest BCUT2D eigenvalue weighted by Gasteiger charge is -2.26. The first-order valence-electron chi connectivity index (χ1n) is 6.24. The fraction of sp³-hybridized carbons (Fsp3) is 0.615. The Hall–Kier alpha value is -1.65. The smallest absolute Gasteiger partial charge is 0.274 e. The second kappa shape index (κ2) is 4.55. The molecule has 1 aromatic rings. The number of carbonyl (C=O) groups is 1. The Morgan fingerprint density at radius 2 is 2.11 bits per heavy atom. The van der Waals surface area contributed by atoms with Gasteiger partial charge >= 0.3 is 0 Å². The number of hydrogen-bond donors (Lipinski definition) is 1. The SMILES string of the molecule is CC(C)(C)C1CCN(C(=O)c2cnc(N)cn2)C1. The van der Waals surface area contributed by atoms with Crippen LogP contribution in [0.25, 0.3) is 0 Å². The molecule has 98 valence electrons. The van der Waals surface area contributed by atoms with Gasteiger partial charge in [0.15, 0.2) is 0 Å². The van der Waals surface area contributed by atoms with Crippen LogP contribution in [0.5, 0.6) is 0 Å². The molecule has 18 heavy (non-hydrogen) atoms. The topological polar surface area (TPSA) is 72.1 Å². The van der Waals surface area contributed by atoms with Gasteiger partial charge in [-0.3, -0.25) is 4.79 Å². The summed E-state index contributed by atoms with van der Waals surface area (Å²) >= 11 is 0. The Bertz CT molecular complexity index is 435. The van der Waals surface area contributed by atoms with E-state index in [1.165, 1.54) is 12.4 Å². The Labute approximate surface area is 107 Å². The third-order valence-corrected chi connectivity index (χ3v) is 3.59. The van der Waals surface area contributed by atoms with Gasteiger partial charge in [-0.25, -0.2) is 9.97 Å². The predicted molar refractivity (Wildman–Crippen MR) is 69.9 cm³/mol. The molecule has 1 aliphatic heterocycles. The fourth-order valence-corrected chi connectivity index (χ4v) is 2.26. The highest BCUT2D eigenvalue weighted by Crippen LogP contribution is 2.33. The Morgan fingerprint density at radius 3 is 2.61 bits per heavy atom. The van der Waals surface area contributed by atoms with Crippen LogP contribution in [-0.4, -0.2) is 33.9 Å². The van der Waals surface area contributed by atoms with Gasteiger partial charge in [-0.05, 0) is 17.8 Å². The van der Waals surface area contributed by atoms with Crippen molar-refractivity contribution in [3.63, 3.8) is 0 Å². The van der Waals surface area contributed by atoms with Crippen LogP contribution in [0.15, 0.2) is 12.4 Å². The first-order valence-corrected chi connectivity index (χ1v) is 6.24. The maximum absolute atomic E-state index is 12.2. The van der Waals surface area contributed by atoms with Gasteiger partial charge in [0.2, 0.25) is 0 Å². The van der Waals surface area contributed by atoms with Crippen molar-refractivity contribution >= 4 is 11.7 Å². The number of hydrogen-bond acceptors (Lipinski definition) is 4. The molecule has 0 saturated carbocycles. The normalized spacial score (nSPS) is 20.2. The summed E-state index contributed by atoms with van der Waals surface area (Å²) in [6, 6.07) is 0. The quantitative estimate of drug-likeness (QED) is 0.818. The third kappa shape index (κ3) is 2.60. The lowest BCUT2D eigenvalue weighted by molar-refractivity contribution is 0.0770. The number of rotatable bonds is 1. The molecule has 1 aromatic heterocycles. The Kier molecular flexibility index (Phi) is 3.24. The van der Waals surface area contributed by atoms with Crippen molar-refractivity contribution in [2.45, 2.75) is 27.2 Å². The van der Waals surface area contributed by atoms with Crippen LogP contribution < -0.4 is 5.73 Å². The molecule has 2 N–H and O–H groups in total. The standard InChI is InChI=1S/C13H20N4O/c1-13(2,3)9-4-5-17(8-9)12(18)10-6-16-11(14)7-15-10/h6-7,9H,4-5,8H2,1-3H3,(H2,14,16). The van der Waals surface area contributed by atoms with Gasteiger partial charge in [0.05, 0.1) is 12.4 Å². The largest absolute Gasteiger partial charge is 0.382 e. The van der Waals surface area contributed by atoms with Gasteiger partial charge in [0, 0.05) is 13.1 Å². The maximum Gasteiger partial charge on any atom is 0.274 e. The highest BCUT2D eigenvalue weighted by Gasteiger charge is 2.34. The molecule has 0 spiro atoms. The first kappa shape index (κ1) is 12.8. The van der Waals surface area contributed by atoms with Crippen LogP contribution in [0, 0.1) is 11.3 Å². The zero-order valence-electron chi connectivity index (χ0n) is 11.2. The maximum atomic E-state index is 12.2. The van der Waals surface area contributed by atoms with Gasteiger partial charge < -0.3 is 10.6 Å². The minimum atomic E-state index is -0.0470. The molecule has 0 bridgehead atoms. The summed E-state index contributed by atoms with van der Waals surface area (Å²) in [5.41, 5.74) is 6.07. The number of anilines is 1. The minimum Gasteiger partial charge on any atom is -0.382 e. The summed E-state index contributed by atoms with van der Waals surface area (Å²) in [5, 5.41) is 0. The van der Waals surface area contributed by atoms with Crippen LogP contribution >= 0.6 is 0 Å². The van der Waals surface area contributed by atoms with Crippen molar-refractivity contribution < 1.29 is 4.79 Å². The molecule has 5 nitrogen and oxygen atoms in total. The molecule has 0 aromatic carbocycles. The summed E-state index contributed by atoms with van der Waals surface area (Å²) < 4.78 is 0. The van der Waals surface area contributed by atoms with E-state index < -0.39 is 0 Å². The third-order valence-electron chi connectivity index (χ3n) is 3.59. The number of amides is 1. The second-order valence-corrected chi connectivity index (χ2v) is 5.93. The number of nitrogens with two attached hydrogens (primary N) is 1.